The Bertz CT molecular complexity index is 1510. The maximum Gasteiger partial charge on any atom is 0.417 e. The highest BCUT2D eigenvalue weighted by Crippen LogP contribution is 2.14. The van der Waals surface area contributed by atoms with Crippen LogP contribution in [0.5, 0.6) is 0 Å². The molecule has 4 aromatic rings. The van der Waals surface area contributed by atoms with E-state index in [0.717, 1.165) is 24.8 Å². The van der Waals surface area contributed by atoms with E-state index in [0.29, 0.717) is 29.8 Å². The minimum Gasteiger partial charge on any atom is -0.408 e. The highest BCUT2D eigenvalue weighted by molar-refractivity contribution is 6.00. The van der Waals surface area contributed by atoms with Crippen molar-refractivity contribution < 1.29 is 18.8 Å². The molecule has 1 aliphatic heterocycles. The van der Waals surface area contributed by atoms with Gasteiger partial charge in [0.05, 0.1) is 11.7 Å². The third-order valence-corrected chi connectivity index (χ3v) is 6.15. The van der Waals surface area contributed by atoms with E-state index in [9.17, 15) is 19.2 Å². The van der Waals surface area contributed by atoms with Gasteiger partial charge in [0, 0.05) is 31.8 Å². The van der Waals surface area contributed by atoms with Crippen molar-refractivity contribution in [3.63, 3.8) is 0 Å². The highest BCUT2D eigenvalue weighted by atomic mass is 16.4. The molecule has 1 fully saturated rings. The van der Waals surface area contributed by atoms with E-state index < -0.39 is 23.6 Å². The summed E-state index contributed by atoms with van der Waals surface area (Å²) in [6.07, 6.45) is 4.49. The number of amides is 3. The molecule has 5 rings (SSSR count). The van der Waals surface area contributed by atoms with Crippen molar-refractivity contribution in [2.75, 3.05) is 13.1 Å². The van der Waals surface area contributed by atoms with Crippen LogP contribution in [0.1, 0.15) is 52.7 Å². The first-order valence-corrected chi connectivity index (χ1v) is 11.7. The van der Waals surface area contributed by atoms with Gasteiger partial charge in [0.2, 0.25) is 5.91 Å². The Hall–Kier alpha value is -4.48. The molecule has 3 amide bonds. The molecule has 0 aliphatic carbocycles. The normalized spacial score (nSPS) is 14.6. The van der Waals surface area contributed by atoms with Crippen LogP contribution in [0.4, 0.5) is 0 Å². The molecule has 0 radical (unpaired) electrons. The summed E-state index contributed by atoms with van der Waals surface area (Å²) in [4.78, 5) is 58.7. The van der Waals surface area contributed by atoms with Crippen LogP contribution in [-0.4, -0.2) is 61.3 Å². The second-order valence-electron chi connectivity index (χ2n) is 8.74. The lowest BCUT2D eigenvalue weighted by Crippen LogP contribution is -2.48. The van der Waals surface area contributed by atoms with E-state index in [1.807, 2.05) is 0 Å². The maximum atomic E-state index is 13.1. The van der Waals surface area contributed by atoms with Gasteiger partial charge in [0.25, 0.3) is 11.8 Å². The maximum absolute atomic E-state index is 13.1. The van der Waals surface area contributed by atoms with Gasteiger partial charge in [-0.1, -0.05) is 6.07 Å². The van der Waals surface area contributed by atoms with Crippen LogP contribution in [0, 0.1) is 0 Å². The van der Waals surface area contributed by atoms with Crippen LogP contribution >= 0.6 is 0 Å². The summed E-state index contributed by atoms with van der Waals surface area (Å²) < 4.78 is 6.31. The topological polar surface area (TPSA) is 155 Å². The van der Waals surface area contributed by atoms with Gasteiger partial charge in [-0.25, -0.2) is 14.3 Å². The third-order valence-electron chi connectivity index (χ3n) is 6.15. The second-order valence-corrected chi connectivity index (χ2v) is 8.74. The molecule has 186 valence electrons. The zero-order valence-corrected chi connectivity index (χ0v) is 19.6. The number of aromatic amines is 1. The number of hydrogen-bond donors (Lipinski definition) is 3. The van der Waals surface area contributed by atoms with Crippen molar-refractivity contribution in [1.29, 1.82) is 0 Å². The van der Waals surface area contributed by atoms with Crippen LogP contribution < -0.4 is 16.4 Å². The highest BCUT2D eigenvalue weighted by Gasteiger charge is 2.25. The number of hydrogen-bond acceptors (Lipinski definition) is 7. The average molecular weight is 492 g/mol. The van der Waals surface area contributed by atoms with Gasteiger partial charge >= 0.3 is 5.76 Å². The Labute approximate surface area is 204 Å². The van der Waals surface area contributed by atoms with Crippen molar-refractivity contribution in [3.05, 3.63) is 64.0 Å². The Morgan fingerprint density at radius 3 is 2.72 bits per heavy atom. The molecule has 0 unspecified atom stereocenters. The van der Waals surface area contributed by atoms with E-state index in [4.69, 9.17) is 4.42 Å². The van der Waals surface area contributed by atoms with E-state index >= 15 is 0 Å². The van der Waals surface area contributed by atoms with Crippen LogP contribution in [-0.2, 0) is 11.3 Å². The van der Waals surface area contributed by atoms with Crippen molar-refractivity contribution in [3.8, 4) is 0 Å². The standard InChI is InChI=1S/C24H25N7O5/c1-14(23(34)30-9-3-2-4-10-30)27-22(33)18-12-17(28-20-7-8-26-31(18)20)21(32)25-13-15-5-6-19-16(11-15)29-24(35)36-19/h5-8,11-12,14H,2-4,9-10,13H2,1H3,(H,25,32)(H,27,33)(H,29,35)/t14-/m0/s1. The number of aromatic nitrogens is 4. The SMILES string of the molecule is C[C@H](NC(=O)c1cc(C(=O)NCc2ccc3oc(=O)[nH]c3c2)nc2ccnn12)C(=O)N1CCCCC1. The minimum atomic E-state index is -0.726. The van der Waals surface area contributed by atoms with Crippen LogP contribution in [0.15, 0.2) is 45.7 Å². The van der Waals surface area contributed by atoms with Gasteiger partial charge in [-0.15, -0.1) is 0 Å². The third kappa shape index (κ3) is 4.69. The number of likely N-dealkylation sites (tertiary alicyclic amines) is 1. The summed E-state index contributed by atoms with van der Waals surface area (Å²) in [5.74, 6) is -1.72. The lowest BCUT2D eigenvalue weighted by molar-refractivity contribution is -0.133. The molecule has 1 aromatic carbocycles. The molecule has 12 heteroatoms. The summed E-state index contributed by atoms with van der Waals surface area (Å²) in [7, 11) is 0. The Morgan fingerprint density at radius 2 is 1.92 bits per heavy atom. The Morgan fingerprint density at radius 1 is 1.11 bits per heavy atom. The molecule has 1 saturated heterocycles. The number of nitrogens with one attached hydrogen (secondary N) is 3. The van der Waals surface area contributed by atoms with Gasteiger partial charge < -0.3 is 20.0 Å². The van der Waals surface area contributed by atoms with E-state index in [1.165, 1.54) is 16.8 Å². The molecule has 36 heavy (non-hydrogen) atoms. The number of piperidine rings is 1. The molecule has 3 N–H and O–H groups in total. The molecule has 0 bridgehead atoms. The van der Waals surface area contributed by atoms with E-state index in [2.05, 4.69) is 25.7 Å². The minimum absolute atomic E-state index is 0.0287. The molecule has 0 spiro atoms. The first kappa shape index (κ1) is 23.3. The molecular weight excluding hydrogens is 466 g/mol. The second kappa shape index (κ2) is 9.64. The Balaban J connectivity index is 1.31. The molecule has 1 atom stereocenters. The summed E-state index contributed by atoms with van der Waals surface area (Å²) >= 11 is 0. The first-order chi connectivity index (χ1) is 17.4. The average Bonchev–Trinajstić information content (AvgIpc) is 3.51. The van der Waals surface area contributed by atoms with Crippen molar-refractivity contribution in [2.45, 2.75) is 38.8 Å². The number of benzene rings is 1. The Kier molecular flexibility index (Phi) is 6.23. The molecule has 0 saturated carbocycles. The van der Waals surface area contributed by atoms with Crippen molar-refractivity contribution in [1.82, 2.24) is 35.1 Å². The number of carbonyl (C=O) groups is 3. The van der Waals surface area contributed by atoms with Crippen LogP contribution in [0.2, 0.25) is 0 Å². The summed E-state index contributed by atoms with van der Waals surface area (Å²) in [5.41, 5.74) is 2.12. The molecule has 1 aliphatic rings. The number of rotatable bonds is 6. The lowest BCUT2D eigenvalue weighted by Gasteiger charge is -2.29. The van der Waals surface area contributed by atoms with Gasteiger partial charge in [-0.3, -0.25) is 19.4 Å². The molecular formula is C24H25N7O5. The molecule has 3 aromatic heterocycles. The number of nitrogens with zero attached hydrogens (tertiary/aromatic N) is 4. The van der Waals surface area contributed by atoms with Gasteiger partial charge in [-0.2, -0.15) is 5.10 Å². The number of fused-ring (bicyclic) bond motifs is 2. The predicted octanol–water partition coefficient (Wildman–Crippen LogP) is 1.22. The van der Waals surface area contributed by atoms with Gasteiger partial charge in [0.15, 0.2) is 11.2 Å². The lowest BCUT2D eigenvalue weighted by atomic mass is 10.1. The fourth-order valence-corrected chi connectivity index (χ4v) is 4.29. The number of oxazole rings is 1. The quantitative estimate of drug-likeness (QED) is 0.366. The summed E-state index contributed by atoms with van der Waals surface area (Å²) in [6, 6.07) is 7.27. The van der Waals surface area contributed by atoms with E-state index in [1.54, 1.807) is 36.1 Å². The van der Waals surface area contributed by atoms with Crippen LogP contribution in [0.3, 0.4) is 0 Å². The van der Waals surface area contributed by atoms with Gasteiger partial charge in [-0.05, 0) is 43.9 Å². The summed E-state index contributed by atoms with van der Waals surface area (Å²) in [5, 5.41) is 9.63. The molecule has 12 nitrogen and oxygen atoms in total. The smallest absolute Gasteiger partial charge is 0.408 e. The number of H-pyrrole nitrogens is 1. The summed E-state index contributed by atoms with van der Waals surface area (Å²) in [6.45, 7) is 3.18. The molecule has 4 heterocycles. The van der Waals surface area contributed by atoms with Crippen molar-refractivity contribution >= 4 is 34.5 Å². The fraction of sp³-hybridized carbons (Fsp3) is 0.333. The zero-order valence-electron chi connectivity index (χ0n) is 19.6. The zero-order chi connectivity index (χ0) is 25.2. The predicted molar refractivity (Wildman–Crippen MR) is 128 cm³/mol. The fourth-order valence-electron chi connectivity index (χ4n) is 4.29. The monoisotopic (exact) mass is 491 g/mol. The van der Waals surface area contributed by atoms with Crippen molar-refractivity contribution in [2.24, 2.45) is 0 Å². The number of carbonyl (C=O) groups excluding carboxylic acids is 3. The van der Waals surface area contributed by atoms with Crippen LogP contribution in [0.25, 0.3) is 16.7 Å². The largest absolute Gasteiger partial charge is 0.417 e. The first-order valence-electron chi connectivity index (χ1n) is 11.7. The van der Waals surface area contributed by atoms with Gasteiger partial charge in [0.1, 0.15) is 17.4 Å². The van der Waals surface area contributed by atoms with E-state index in [-0.39, 0.29) is 23.8 Å².